The number of Topliss-reactive ketones (excluding diaryl/α,β-unsaturated/α-hetero) is 1. The Balaban J connectivity index is 1.69. The van der Waals surface area contributed by atoms with E-state index in [1.165, 1.54) is 18.7 Å². The zero-order valence-corrected chi connectivity index (χ0v) is 17.9. The molecule has 0 saturated carbocycles. The van der Waals surface area contributed by atoms with Crippen LogP contribution in [0.25, 0.3) is 0 Å². The molecule has 0 aliphatic rings. The molecule has 0 aliphatic carbocycles. The number of nitrogens with zero attached hydrogens (tertiary/aromatic N) is 1. The molecule has 0 saturated heterocycles. The van der Waals surface area contributed by atoms with Gasteiger partial charge in [0.25, 0.3) is 5.56 Å². The van der Waals surface area contributed by atoms with Crippen LogP contribution >= 0.6 is 11.8 Å². The minimum Gasteiger partial charge on any atom is -0.325 e. The van der Waals surface area contributed by atoms with Crippen molar-refractivity contribution in [1.29, 1.82) is 0 Å². The van der Waals surface area contributed by atoms with Crippen molar-refractivity contribution in [2.45, 2.75) is 37.6 Å². The van der Waals surface area contributed by atoms with Gasteiger partial charge in [-0.1, -0.05) is 54.2 Å². The minimum absolute atomic E-state index is 0.0682. The molecule has 3 rings (SSSR count). The number of rotatable bonds is 7. The Morgan fingerprint density at radius 3 is 2.53 bits per heavy atom. The number of nitrogens with one attached hydrogen (secondary N) is 2. The second-order valence-corrected chi connectivity index (χ2v) is 8.31. The summed E-state index contributed by atoms with van der Waals surface area (Å²) in [7, 11) is 0. The van der Waals surface area contributed by atoms with Crippen molar-refractivity contribution in [3.63, 3.8) is 0 Å². The molecular weight excluding hydrogens is 398 g/mol. The molecule has 1 amide bonds. The first kappa shape index (κ1) is 21.5. The lowest BCUT2D eigenvalue weighted by Crippen LogP contribution is -2.24. The van der Waals surface area contributed by atoms with E-state index < -0.39 is 5.25 Å². The first-order valence-corrected chi connectivity index (χ1v) is 10.4. The summed E-state index contributed by atoms with van der Waals surface area (Å²) in [5.41, 5.74) is 3.18. The number of carbonyl (C=O) groups is 2. The standard InChI is InChI=1S/C23H23N3O3S/c1-14-20(12-17-8-5-4-6-9-17)22(29)26-23(24-14)30-16(3)21(28)25-19-11-7-10-18(13-19)15(2)27/h4-11,13,16H,12H2,1-3H3,(H,25,28)(H,24,26,29). The molecule has 0 spiro atoms. The van der Waals surface area contributed by atoms with Crippen LogP contribution < -0.4 is 10.9 Å². The Kier molecular flexibility index (Phi) is 6.84. The highest BCUT2D eigenvalue weighted by molar-refractivity contribution is 8.00. The molecule has 154 valence electrons. The number of hydrogen-bond acceptors (Lipinski definition) is 5. The van der Waals surface area contributed by atoms with Gasteiger partial charge in [0, 0.05) is 28.9 Å². The zero-order chi connectivity index (χ0) is 21.7. The highest BCUT2D eigenvalue weighted by atomic mass is 32.2. The molecule has 6 nitrogen and oxygen atoms in total. The predicted molar refractivity (Wildman–Crippen MR) is 119 cm³/mol. The van der Waals surface area contributed by atoms with E-state index in [-0.39, 0.29) is 17.2 Å². The van der Waals surface area contributed by atoms with Crippen LogP contribution in [0.3, 0.4) is 0 Å². The topological polar surface area (TPSA) is 91.9 Å². The molecule has 2 N–H and O–H groups in total. The van der Waals surface area contributed by atoms with Crippen molar-refractivity contribution in [1.82, 2.24) is 9.97 Å². The Morgan fingerprint density at radius 1 is 1.13 bits per heavy atom. The third kappa shape index (κ3) is 5.45. The van der Waals surface area contributed by atoms with E-state index in [1.54, 1.807) is 38.1 Å². The van der Waals surface area contributed by atoms with Crippen LogP contribution in [0, 0.1) is 6.92 Å². The molecule has 1 atom stereocenters. The first-order valence-electron chi connectivity index (χ1n) is 9.55. The zero-order valence-electron chi connectivity index (χ0n) is 17.1. The Labute approximate surface area is 179 Å². The highest BCUT2D eigenvalue weighted by Crippen LogP contribution is 2.21. The van der Waals surface area contributed by atoms with Gasteiger partial charge in [-0.3, -0.25) is 14.4 Å². The van der Waals surface area contributed by atoms with Crippen LogP contribution in [-0.2, 0) is 11.2 Å². The van der Waals surface area contributed by atoms with E-state index in [4.69, 9.17) is 0 Å². The van der Waals surface area contributed by atoms with Crippen LogP contribution in [0.2, 0.25) is 0 Å². The lowest BCUT2D eigenvalue weighted by molar-refractivity contribution is -0.115. The number of aromatic nitrogens is 2. The number of benzene rings is 2. The van der Waals surface area contributed by atoms with Crippen molar-refractivity contribution in [2.75, 3.05) is 5.32 Å². The van der Waals surface area contributed by atoms with E-state index in [9.17, 15) is 14.4 Å². The molecule has 3 aromatic rings. The second-order valence-electron chi connectivity index (χ2n) is 6.98. The molecule has 1 aromatic heterocycles. The summed E-state index contributed by atoms with van der Waals surface area (Å²) in [4.78, 5) is 43.9. The third-order valence-corrected chi connectivity index (χ3v) is 5.60. The van der Waals surface area contributed by atoms with Crippen molar-refractivity contribution < 1.29 is 9.59 Å². The van der Waals surface area contributed by atoms with Gasteiger partial charge < -0.3 is 10.3 Å². The summed E-state index contributed by atoms with van der Waals surface area (Å²) < 4.78 is 0. The molecule has 0 aliphatic heterocycles. The maximum Gasteiger partial charge on any atom is 0.255 e. The SMILES string of the molecule is CC(=O)c1cccc(NC(=O)C(C)Sc2nc(C)c(Cc3ccccc3)c(=O)[nH]2)c1. The second kappa shape index (κ2) is 9.54. The van der Waals surface area contributed by atoms with E-state index in [2.05, 4.69) is 15.3 Å². The number of carbonyl (C=O) groups excluding carboxylic acids is 2. The largest absolute Gasteiger partial charge is 0.325 e. The fourth-order valence-electron chi connectivity index (χ4n) is 2.93. The fraction of sp³-hybridized carbons (Fsp3) is 0.217. The molecule has 1 heterocycles. The molecule has 7 heteroatoms. The number of ketones is 1. The van der Waals surface area contributed by atoms with Crippen LogP contribution in [0.1, 0.15) is 41.0 Å². The van der Waals surface area contributed by atoms with Crippen molar-refractivity contribution in [3.8, 4) is 0 Å². The van der Waals surface area contributed by atoms with E-state index in [0.29, 0.717) is 34.1 Å². The molecule has 0 bridgehead atoms. The monoisotopic (exact) mass is 421 g/mol. The maximum absolute atomic E-state index is 12.6. The van der Waals surface area contributed by atoms with Gasteiger partial charge in [0.15, 0.2) is 10.9 Å². The maximum atomic E-state index is 12.6. The lowest BCUT2D eigenvalue weighted by atomic mass is 10.1. The number of H-pyrrole nitrogens is 1. The highest BCUT2D eigenvalue weighted by Gasteiger charge is 2.18. The normalized spacial score (nSPS) is 11.7. The average molecular weight is 422 g/mol. The van der Waals surface area contributed by atoms with Crippen molar-refractivity contribution >= 4 is 29.1 Å². The summed E-state index contributed by atoms with van der Waals surface area (Å²) >= 11 is 1.18. The summed E-state index contributed by atoms with van der Waals surface area (Å²) in [6, 6.07) is 16.5. The average Bonchev–Trinajstić information content (AvgIpc) is 2.71. The van der Waals surface area contributed by atoms with Gasteiger partial charge in [-0.25, -0.2) is 4.98 Å². The van der Waals surface area contributed by atoms with Gasteiger partial charge in [0.05, 0.1) is 5.25 Å². The van der Waals surface area contributed by atoms with Gasteiger partial charge in [-0.15, -0.1) is 0 Å². The van der Waals surface area contributed by atoms with E-state index in [1.807, 2.05) is 30.3 Å². The molecular formula is C23H23N3O3S. The number of hydrogen-bond donors (Lipinski definition) is 2. The van der Waals surface area contributed by atoms with Gasteiger partial charge >= 0.3 is 0 Å². The smallest absolute Gasteiger partial charge is 0.255 e. The number of thioether (sulfide) groups is 1. The Morgan fingerprint density at radius 2 is 1.87 bits per heavy atom. The fourth-order valence-corrected chi connectivity index (χ4v) is 3.77. The van der Waals surface area contributed by atoms with Crippen LogP contribution in [0.4, 0.5) is 5.69 Å². The molecule has 0 radical (unpaired) electrons. The molecule has 1 unspecified atom stereocenters. The summed E-state index contributed by atoms with van der Waals surface area (Å²) in [6.07, 6.45) is 0.502. The Hall–Kier alpha value is -3.19. The van der Waals surface area contributed by atoms with Gasteiger partial charge in [0.2, 0.25) is 5.91 Å². The summed E-state index contributed by atoms with van der Waals surface area (Å²) in [5, 5.41) is 2.70. The predicted octanol–water partition coefficient (Wildman–Crippen LogP) is 3.99. The third-order valence-electron chi connectivity index (χ3n) is 4.62. The minimum atomic E-state index is -0.492. The lowest BCUT2D eigenvalue weighted by Gasteiger charge is -2.13. The molecule has 30 heavy (non-hydrogen) atoms. The quantitative estimate of drug-likeness (QED) is 0.342. The Bertz CT molecular complexity index is 1130. The van der Waals surface area contributed by atoms with Crippen LogP contribution in [0.5, 0.6) is 0 Å². The number of aryl methyl sites for hydroxylation is 1. The first-order chi connectivity index (χ1) is 14.3. The van der Waals surface area contributed by atoms with Crippen LogP contribution in [-0.4, -0.2) is 26.9 Å². The molecule has 0 fully saturated rings. The molecule has 2 aromatic carbocycles. The van der Waals surface area contributed by atoms with Crippen LogP contribution in [0.15, 0.2) is 64.5 Å². The van der Waals surface area contributed by atoms with Gasteiger partial charge in [-0.2, -0.15) is 0 Å². The van der Waals surface area contributed by atoms with E-state index >= 15 is 0 Å². The van der Waals surface area contributed by atoms with Gasteiger partial charge in [-0.05, 0) is 38.5 Å². The van der Waals surface area contributed by atoms with Gasteiger partial charge in [0.1, 0.15) is 0 Å². The summed E-state index contributed by atoms with van der Waals surface area (Å²) in [5.74, 6) is -0.310. The number of aromatic amines is 1. The number of amides is 1. The number of anilines is 1. The van der Waals surface area contributed by atoms with E-state index in [0.717, 1.165) is 5.56 Å². The van der Waals surface area contributed by atoms with Crippen molar-refractivity contribution in [2.24, 2.45) is 0 Å². The van der Waals surface area contributed by atoms with Crippen molar-refractivity contribution in [3.05, 3.63) is 87.3 Å². The summed E-state index contributed by atoms with van der Waals surface area (Å²) in [6.45, 7) is 5.02.